The molecule has 1 aliphatic rings. The lowest BCUT2D eigenvalue weighted by atomic mass is 9.96. The Bertz CT molecular complexity index is 523. The zero-order valence-corrected chi connectivity index (χ0v) is 13.8. The van der Waals surface area contributed by atoms with Crippen LogP contribution in [-0.4, -0.2) is 36.8 Å². The van der Waals surface area contributed by atoms with Crippen LogP contribution in [0.15, 0.2) is 24.3 Å². The van der Waals surface area contributed by atoms with Gasteiger partial charge in [0.25, 0.3) is 0 Å². The Kier molecular flexibility index (Phi) is 7.55. The lowest BCUT2D eigenvalue weighted by Gasteiger charge is -2.21. The molecule has 2 rings (SSSR count). The first-order valence-electron chi connectivity index (χ1n) is 8.41. The quantitative estimate of drug-likeness (QED) is 0.677. The second kappa shape index (κ2) is 9.93. The average molecular weight is 335 g/mol. The van der Waals surface area contributed by atoms with Gasteiger partial charge in [-0.2, -0.15) is 0 Å². The van der Waals surface area contributed by atoms with E-state index in [0.717, 1.165) is 31.6 Å². The minimum atomic E-state index is -0.814. The van der Waals surface area contributed by atoms with E-state index in [9.17, 15) is 9.59 Å². The fourth-order valence-corrected chi connectivity index (χ4v) is 2.60. The number of hydrogen-bond donors (Lipinski definition) is 2. The average Bonchev–Trinajstić information content (AvgIpc) is 2.59. The number of carbonyl (C=O) groups excluding carboxylic acids is 1. The van der Waals surface area contributed by atoms with Crippen LogP contribution in [0.3, 0.4) is 0 Å². The predicted molar refractivity (Wildman–Crippen MR) is 88.8 cm³/mol. The van der Waals surface area contributed by atoms with Crippen molar-refractivity contribution in [2.75, 3.05) is 19.8 Å². The maximum Gasteiger partial charge on any atom is 0.303 e. The fraction of sp³-hybridized carbons (Fsp3) is 0.556. The molecular formula is C18H25NO5. The first-order chi connectivity index (χ1) is 11.6. The normalized spacial score (nSPS) is 15.0. The molecule has 0 saturated carbocycles. The third-order valence-corrected chi connectivity index (χ3v) is 4.03. The highest BCUT2D eigenvalue weighted by atomic mass is 16.5. The van der Waals surface area contributed by atoms with E-state index in [4.69, 9.17) is 14.6 Å². The zero-order valence-electron chi connectivity index (χ0n) is 13.8. The molecular weight excluding hydrogens is 310 g/mol. The molecule has 0 atom stereocenters. The SMILES string of the molecule is O=C(O)CCCOc1ccc(CNC(=O)CC2CCOCC2)cc1. The molecule has 0 aromatic heterocycles. The lowest BCUT2D eigenvalue weighted by Crippen LogP contribution is -2.27. The molecule has 1 heterocycles. The van der Waals surface area contributed by atoms with Gasteiger partial charge in [0.2, 0.25) is 5.91 Å². The molecule has 0 radical (unpaired) electrons. The van der Waals surface area contributed by atoms with Gasteiger partial charge in [-0.1, -0.05) is 12.1 Å². The van der Waals surface area contributed by atoms with Crippen molar-refractivity contribution in [2.45, 2.75) is 38.6 Å². The smallest absolute Gasteiger partial charge is 0.303 e. The van der Waals surface area contributed by atoms with Gasteiger partial charge >= 0.3 is 5.97 Å². The van der Waals surface area contributed by atoms with Crippen LogP contribution in [0.1, 0.15) is 37.7 Å². The molecule has 6 heteroatoms. The van der Waals surface area contributed by atoms with Crippen molar-refractivity contribution < 1.29 is 24.2 Å². The Labute approximate surface area is 142 Å². The molecule has 0 bridgehead atoms. The van der Waals surface area contributed by atoms with E-state index in [-0.39, 0.29) is 12.3 Å². The number of ether oxygens (including phenoxy) is 2. The highest BCUT2D eigenvalue weighted by molar-refractivity contribution is 5.76. The van der Waals surface area contributed by atoms with Gasteiger partial charge in [-0.15, -0.1) is 0 Å². The molecule has 1 aromatic rings. The van der Waals surface area contributed by atoms with Crippen molar-refractivity contribution in [1.82, 2.24) is 5.32 Å². The van der Waals surface area contributed by atoms with Crippen LogP contribution in [0.2, 0.25) is 0 Å². The first kappa shape index (κ1) is 18.3. The van der Waals surface area contributed by atoms with Crippen LogP contribution in [0, 0.1) is 5.92 Å². The molecule has 6 nitrogen and oxygen atoms in total. The number of amides is 1. The van der Waals surface area contributed by atoms with Crippen LogP contribution in [0.25, 0.3) is 0 Å². The summed E-state index contributed by atoms with van der Waals surface area (Å²) in [4.78, 5) is 22.4. The number of carboxylic acids is 1. The Hall–Kier alpha value is -2.08. The van der Waals surface area contributed by atoms with Crippen molar-refractivity contribution in [3.8, 4) is 5.75 Å². The molecule has 2 N–H and O–H groups in total. The minimum Gasteiger partial charge on any atom is -0.494 e. The van der Waals surface area contributed by atoms with E-state index in [1.807, 2.05) is 24.3 Å². The summed E-state index contributed by atoms with van der Waals surface area (Å²) < 4.78 is 10.8. The largest absolute Gasteiger partial charge is 0.494 e. The summed E-state index contributed by atoms with van der Waals surface area (Å²) >= 11 is 0. The highest BCUT2D eigenvalue weighted by Gasteiger charge is 2.17. The van der Waals surface area contributed by atoms with Crippen LogP contribution in [0.5, 0.6) is 5.75 Å². The van der Waals surface area contributed by atoms with Gasteiger partial charge in [-0.05, 0) is 42.9 Å². The van der Waals surface area contributed by atoms with E-state index in [1.54, 1.807) is 0 Å². The molecule has 24 heavy (non-hydrogen) atoms. The fourth-order valence-electron chi connectivity index (χ4n) is 2.60. The second-order valence-corrected chi connectivity index (χ2v) is 6.03. The first-order valence-corrected chi connectivity index (χ1v) is 8.41. The Morgan fingerprint density at radius 1 is 1.21 bits per heavy atom. The molecule has 0 unspecified atom stereocenters. The van der Waals surface area contributed by atoms with E-state index in [1.165, 1.54) is 0 Å². The highest BCUT2D eigenvalue weighted by Crippen LogP contribution is 2.18. The molecule has 1 aliphatic heterocycles. The van der Waals surface area contributed by atoms with Gasteiger partial charge in [0.05, 0.1) is 6.61 Å². The molecule has 0 spiro atoms. The van der Waals surface area contributed by atoms with Gasteiger partial charge in [0.15, 0.2) is 0 Å². The Morgan fingerprint density at radius 2 is 1.92 bits per heavy atom. The lowest BCUT2D eigenvalue weighted by molar-refractivity contribution is -0.137. The molecule has 1 amide bonds. The van der Waals surface area contributed by atoms with Crippen LogP contribution in [0.4, 0.5) is 0 Å². The molecule has 1 fully saturated rings. The van der Waals surface area contributed by atoms with E-state index < -0.39 is 5.97 Å². The monoisotopic (exact) mass is 335 g/mol. The second-order valence-electron chi connectivity index (χ2n) is 6.03. The van der Waals surface area contributed by atoms with Crippen molar-refractivity contribution in [3.05, 3.63) is 29.8 Å². The molecule has 1 aromatic carbocycles. The van der Waals surface area contributed by atoms with Crippen LogP contribution in [-0.2, 0) is 20.9 Å². The van der Waals surface area contributed by atoms with Gasteiger partial charge < -0.3 is 19.9 Å². The number of rotatable bonds is 9. The number of benzene rings is 1. The minimum absolute atomic E-state index is 0.0795. The molecule has 132 valence electrons. The van der Waals surface area contributed by atoms with Crippen LogP contribution < -0.4 is 10.1 Å². The number of carbonyl (C=O) groups is 2. The summed E-state index contributed by atoms with van der Waals surface area (Å²) in [6.45, 7) is 2.40. The third-order valence-electron chi connectivity index (χ3n) is 4.03. The van der Waals surface area contributed by atoms with Crippen molar-refractivity contribution in [3.63, 3.8) is 0 Å². The van der Waals surface area contributed by atoms with Gasteiger partial charge in [-0.3, -0.25) is 9.59 Å². The standard InChI is InChI=1S/C18H25NO5/c20-17(12-14-7-10-23-11-8-14)19-13-15-3-5-16(6-4-15)24-9-1-2-18(21)22/h3-6,14H,1-2,7-13H2,(H,19,20)(H,21,22). The molecule has 1 saturated heterocycles. The van der Waals surface area contributed by atoms with Crippen LogP contribution >= 0.6 is 0 Å². The molecule has 0 aliphatic carbocycles. The van der Waals surface area contributed by atoms with E-state index in [0.29, 0.717) is 37.7 Å². The summed E-state index contributed by atoms with van der Waals surface area (Å²) in [6.07, 6.45) is 3.08. The zero-order chi connectivity index (χ0) is 17.2. The topological polar surface area (TPSA) is 84.9 Å². The Balaban J connectivity index is 1.65. The number of nitrogens with one attached hydrogen (secondary N) is 1. The maximum atomic E-state index is 12.0. The number of hydrogen-bond acceptors (Lipinski definition) is 4. The summed E-state index contributed by atoms with van der Waals surface area (Å²) in [6, 6.07) is 7.48. The van der Waals surface area contributed by atoms with Gasteiger partial charge in [0, 0.05) is 32.6 Å². The van der Waals surface area contributed by atoms with Gasteiger partial charge in [-0.25, -0.2) is 0 Å². The summed E-state index contributed by atoms with van der Waals surface area (Å²) in [5, 5.41) is 11.5. The summed E-state index contributed by atoms with van der Waals surface area (Å²) in [5.41, 5.74) is 1.01. The summed E-state index contributed by atoms with van der Waals surface area (Å²) in [7, 11) is 0. The maximum absolute atomic E-state index is 12.0. The predicted octanol–water partition coefficient (Wildman–Crippen LogP) is 2.36. The number of aliphatic carboxylic acids is 1. The van der Waals surface area contributed by atoms with Gasteiger partial charge in [0.1, 0.15) is 5.75 Å². The van der Waals surface area contributed by atoms with Crippen molar-refractivity contribution in [2.24, 2.45) is 5.92 Å². The van der Waals surface area contributed by atoms with E-state index >= 15 is 0 Å². The number of carboxylic acid groups (broad SMARTS) is 1. The summed E-state index contributed by atoms with van der Waals surface area (Å²) in [5.74, 6) is 0.402. The third kappa shape index (κ3) is 7.00. The van der Waals surface area contributed by atoms with Crippen molar-refractivity contribution >= 4 is 11.9 Å². The Morgan fingerprint density at radius 3 is 2.58 bits per heavy atom. The van der Waals surface area contributed by atoms with E-state index in [2.05, 4.69) is 5.32 Å². The van der Waals surface area contributed by atoms with Crippen molar-refractivity contribution in [1.29, 1.82) is 0 Å².